The van der Waals surface area contributed by atoms with Crippen LogP contribution in [0.3, 0.4) is 0 Å². The average Bonchev–Trinajstić information content (AvgIpc) is 4.31. The highest BCUT2D eigenvalue weighted by Gasteiger charge is 2.44. The monoisotopic (exact) mass is 1020 g/mol. The fourth-order valence-corrected chi connectivity index (χ4v) is 13.3. The molecule has 18 nitrogen and oxygen atoms in total. The second kappa shape index (κ2) is 20.6. The van der Waals surface area contributed by atoms with E-state index in [1.807, 2.05) is 40.4 Å². The van der Waals surface area contributed by atoms with Crippen molar-refractivity contribution < 1.29 is 43.2 Å². The van der Waals surface area contributed by atoms with Crippen LogP contribution < -0.4 is 15.4 Å². The quantitative estimate of drug-likeness (QED) is 0.0781. The number of aliphatic hydroxyl groups excluding tert-OH is 1. The number of thiazole rings is 1. The van der Waals surface area contributed by atoms with E-state index in [2.05, 4.69) is 69.1 Å². The summed E-state index contributed by atoms with van der Waals surface area (Å²) < 4.78 is 29.3. The van der Waals surface area contributed by atoms with E-state index in [1.54, 1.807) is 11.3 Å². The summed E-state index contributed by atoms with van der Waals surface area (Å²) in [5, 5.41) is 18.6. The maximum absolute atomic E-state index is 14.3. The number of aromatic amines is 2. The molecule has 4 saturated heterocycles. The molecular formula is C55H61N9O9S. The standard InChI is InChI=1S/C55H61N9O9S/c1-69-54(67)61-46(30-15-21-71-22-16-30)52(65)63-19-5-8-41(63)49-56-28-39(58-49)32-11-13-35-34(25-32)26-37-36-14-12-33(27-43(36)73-48(45(35)37)51-60-38-7-3-4-10-44(38)74-51)40-29-57-50(59-40)42-9-6-20-64(42)53(66)47(62-55(68)70-2)31-17-23-72-24-18-31/h3-4,7,10-14,25-31,41-42,45-48,53,66H,5-6,8-9,15-24H2,1-2H3,(H,56,58)(H,57,59)(H,61,67)(H,62,68)/t41-,42?,45?,46?,47+,48?,53?/m0/s1. The number of ether oxygens (including phenoxy) is 5. The number of nitrogens with zero attached hydrogens (tertiary/aromatic N) is 5. The first-order valence-electron chi connectivity index (χ1n) is 25.9. The molecule has 3 amide bonds. The second-order valence-electron chi connectivity index (χ2n) is 20.2. The maximum Gasteiger partial charge on any atom is 0.407 e. The summed E-state index contributed by atoms with van der Waals surface area (Å²) in [6, 6.07) is 19.3. The molecule has 3 aromatic carbocycles. The molecule has 0 spiro atoms. The minimum atomic E-state index is -0.945. The summed E-state index contributed by atoms with van der Waals surface area (Å²) in [7, 11) is 2.65. The topological polar surface area (TPSA) is 218 Å². The highest BCUT2D eigenvalue weighted by atomic mass is 32.1. The predicted octanol–water partition coefficient (Wildman–Crippen LogP) is 8.27. The van der Waals surface area contributed by atoms with Crippen molar-refractivity contribution in [2.24, 2.45) is 11.8 Å². The van der Waals surface area contributed by atoms with E-state index in [9.17, 15) is 19.5 Å². The molecule has 3 aromatic heterocycles. The second-order valence-corrected chi connectivity index (χ2v) is 21.3. The predicted molar refractivity (Wildman–Crippen MR) is 276 cm³/mol. The van der Waals surface area contributed by atoms with Gasteiger partial charge < -0.3 is 54.3 Å². The highest BCUT2D eigenvalue weighted by Crippen LogP contribution is 2.57. The molecule has 0 saturated carbocycles. The number of fused-ring (bicyclic) bond motifs is 6. The molecule has 5 aliphatic heterocycles. The molecule has 0 radical (unpaired) electrons. The first-order chi connectivity index (χ1) is 36.2. The van der Waals surface area contributed by atoms with Crippen LogP contribution in [0.2, 0.25) is 0 Å². The van der Waals surface area contributed by atoms with Gasteiger partial charge in [-0.15, -0.1) is 11.3 Å². The number of aromatic nitrogens is 5. The summed E-state index contributed by atoms with van der Waals surface area (Å²) in [6.45, 7) is 3.48. The van der Waals surface area contributed by atoms with Gasteiger partial charge in [0, 0.05) is 56.2 Å². The van der Waals surface area contributed by atoms with Crippen molar-refractivity contribution in [1.29, 1.82) is 0 Å². The SMILES string of the molecule is COC(=O)NC(C(=O)N1CCC[C@H]1c1ncc(-c2ccc3c(c2)C=C2c4ccc(-c5cnc(C6CCCN6C(O)[C@H](NC(=O)OC)C6CCOCC6)[nH]5)cc4OC(c4nc5ccccc5s4)C23)[nH]1)C1CCOCC1. The maximum atomic E-state index is 14.3. The molecule has 7 atom stereocenters. The van der Waals surface area contributed by atoms with Crippen LogP contribution in [0.5, 0.6) is 5.75 Å². The van der Waals surface area contributed by atoms with E-state index in [-0.39, 0.29) is 35.7 Å². The van der Waals surface area contributed by atoms with Crippen LogP contribution in [-0.2, 0) is 23.7 Å². The molecule has 19 heteroatoms. The first kappa shape index (κ1) is 48.3. The Morgan fingerprint density at radius 1 is 0.784 bits per heavy atom. The zero-order valence-corrected chi connectivity index (χ0v) is 42.3. The molecule has 6 aromatic rings. The number of amides is 3. The van der Waals surface area contributed by atoms with Gasteiger partial charge in [-0.3, -0.25) is 9.69 Å². The third-order valence-electron chi connectivity index (χ3n) is 16.1. The van der Waals surface area contributed by atoms with Crippen molar-refractivity contribution >= 4 is 51.3 Å². The van der Waals surface area contributed by atoms with Crippen molar-refractivity contribution in [2.75, 3.05) is 53.7 Å². The number of H-pyrrole nitrogens is 2. The highest BCUT2D eigenvalue weighted by molar-refractivity contribution is 7.18. The lowest BCUT2D eigenvalue weighted by atomic mass is 9.83. The van der Waals surface area contributed by atoms with Gasteiger partial charge in [-0.1, -0.05) is 36.4 Å². The molecule has 0 bridgehead atoms. The number of rotatable bonds is 12. The summed E-state index contributed by atoms with van der Waals surface area (Å²) in [5.74, 6) is 1.96. The zero-order valence-electron chi connectivity index (χ0n) is 41.5. The van der Waals surface area contributed by atoms with Crippen molar-refractivity contribution in [3.05, 3.63) is 106 Å². The number of alkyl carbamates (subject to hydrolysis) is 2. The van der Waals surface area contributed by atoms with Gasteiger partial charge in [-0.25, -0.2) is 24.5 Å². The van der Waals surface area contributed by atoms with Crippen LogP contribution in [0.4, 0.5) is 9.59 Å². The van der Waals surface area contributed by atoms with E-state index < -0.39 is 36.6 Å². The van der Waals surface area contributed by atoms with Crippen molar-refractivity contribution in [3.63, 3.8) is 0 Å². The van der Waals surface area contributed by atoms with Crippen molar-refractivity contribution in [3.8, 4) is 28.3 Å². The van der Waals surface area contributed by atoms with Crippen molar-refractivity contribution in [1.82, 2.24) is 45.4 Å². The molecule has 12 rings (SSSR count). The Kier molecular flexibility index (Phi) is 13.4. The van der Waals surface area contributed by atoms with Crippen LogP contribution in [-0.4, -0.2) is 130 Å². The Morgan fingerprint density at radius 2 is 1.45 bits per heavy atom. The number of hydrogen-bond donors (Lipinski definition) is 5. The first-order valence-corrected chi connectivity index (χ1v) is 26.8. The number of imidazole rings is 2. The van der Waals surface area contributed by atoms with Crippen LogP contribution in [0.15, 0.2) is 73.1 Å². The molecule has 386 valence electrons. The Labute approximate surface area is 432 Å². The minimum Gasteiger partial charge on any atom is -0.482 e. The number of hydrogen-bond acceptors (Lipinski definition) is 14. The van der Waals surface area contributed by atoms with E-state index in [1.165, 1.54) is 14.2 Å². The lowest BCUT2D eigenvalue weighted by Gasteiger charge is -2.39. The Hall–Kier alpha value is -6.64. The number of para-hydroxylation sites is 1. The lowest BCUT2D eigenvalue weighted by Crippen LogP contribution is -2.56. The number of carbonyl (C=O) groups excluding carboxylic acids is 3. The van der Waals surface area contributed by atoms with Crippen LogP contribution in [0, 0.1) is 11.8 Å². The zero-order chi connectivity index (χ0) is 50.5. The number of benzene rings is 3. The van der Waals surface area contributed by atoms with Gasteiger partial charge in [0.05, 0.1) is 72.3 Å². The van der Waals surface area contributed by atoms with Gasteiger partial charge in [0.25, 0.3) is 0 Å². The van der Waals surface area contributed by atoms with E-state index in [0.717, 1.165) is 110 Å². The molecule has 74 heavy (non-hydrogen) atoms. The molecule has 5 N–H and O–H groups in total. The number of carbonyl (C=O) groups is 3. The van der Waals surface area contributed by atoms with Crippen LogP contribution in [0.25, 0.3) is 44.4 Å². The normalized spacial score (nSPS) is 23.3. The van der Waals surface area contributed by atoms with Crippen molar-refractivity contribution in [2.45, 2.75) is 93.8 Å². The summed E-state index contributed by atoms with van der Waals surface area (Å²) in [4.78, 5) is 65.2. The molecule has 5 unspecified atom stereocenters. The number of nitrogens with one attached hydrogen (secondary N) is 4. The largest absolute Gasteiger partial charge is 0.482 e. The van der Waals surface area contributed by atoms with E-state index >= 15 is 0 Å². The third kappa shape index (κ3) is 9.11. The molecule has 4 fully saturated rings. The smallest absolute Gasteiger partial charge is 0.407 e. The minimum absolute atomic E-state index is 0.0389. The summed E-state index contributed by atoms with van der Waals surface area (Å²) in [5.41, 5.74) is 8.88. The van der Waals surface area contributed by atoms with Gasteiger partial charge >= 0.3 is 12.2 Å². The number of aliphatic hydroxyl groups is 1. The summed E-state index contributed by atoms with van der Waals surface area (Å²) >= 11 is 1.65. The Morgan fingerprint density at radius 3 is 2.19 bits per heavy atom. The average molecular weight is 1020 g/mol. The third-order valence-corrected chi connectivity index (χ3v) is 17.2. The van der Waals surface area contributed by atoms with E-state index in [0.29, 0.717) is 58.2 Å². The molecule has 8 heterocycles. The molecular weight excluding hydrogens is 963 g/mol. The molecule has 6 aliphatic rings. The van der Waals surface area contributed by atoms with Crippen LogP contribution >= 0.6 is 11.3 Å². The summed E-state index contributed by atoms with van der Waals surface area (Å²) in [6.07, 6.45) is 9.52. The molecule has 1 aliphatic carbocycles. The fraction of sp³-hybridized carbons (Fsp3) is 0.455. The fourth-order valence-electron chi connectivity index (χ4n) is 12.3. The lowest BCUT2D eigenvalue weighted by molar-refractivity contribution is -0.136. The number of methoxy groups -OCH3 is 2. The Bertz CT molecular complexity index is 3050. The number of likely N-dealkylation sites (tertiary alicyclic amines) is 2. The van der Waals surface area contributed by atoms with Gasteiger partial charge in [-0.2, -0.15) is 0 Å². The van der Waals surface area contributed by atoms with Gasteiger partial charge in [0.15, 0.2) is 6.10 Å². The van der Waals surface area contributed by atoms with Crippen LogP contribution in [0.1, 0.15) is 109 Å². The van der Waals surface area contributed by atoms with Gasteiger partial charge in [0.2, 0.25) is 5.91 Å². The Balaban J connectivity index is 0.824. The van der Waals surface area contributed by atoms with Gasteiger partial charge in [-0.05, 0) is 110 Å². The van der Waals surface area contributed by atoms with E-state index in [4.69, 9.17) is 38.6 Å². The van der Waals surface area contributed by atoms with Gasteiger partial charge in [0.1, 0.15) is 34.7 Å².